The van der Waals surface area contributed by atoms with Gasteiger partial charge in [-0.3, -0.25) is 9.78 Å². The van der Waals surface area contributed by atoms with Gasteiger partial charge in [-0.1, -0.05) is 17.3 Å². The van der Waals surface area contributed by atoms with E-state index in [4.69, 9.17) is 0 Å². The van der Waals surface area contributed by atoms with Crippen molar-refractivity contribution in [1.82, 2.24) is 30.2 Å². The molecule has 1 N–H and O–H groups in total. The van der Waals surface area contributed by atoms with Crippen LogP contribution >= 0.6 is 0 Å². The molecule has 7 nitrogen and oxygen atoms in total. The van der Waals surface area contributed by atoms with Crippen LogP contribution < -0.4 is 5.32 Å². The van der Waals surface area contributed by atoms with Crippen LogP contribution in [0.4, 0.5) is 0 Å². The van der Waals surface area contributed by atoms with Gasteiger partial charge in [0.05, 0.1) is 11.4 Å². The van der Waals surface area contributed by atoms with Gasteiger partial charge in [0.2, 0.25) is 0 Å². The monoisotopic (exact) mass is 350 g/mol. The fourth-order valence-electron chi connectivity index (χ4n) is 3.67. The standard InChI is InChI=1S/C19H22N6O/c1-13-18(19(26)24-9-7-14(12-24)10-20-2)22-23-25(13)17-5-3-4-15-11-21-8-6-16(15)17/h3-6,8,11,14,20H,7,9-10,12H2,1-2H3. The number of amides is 1. The first-order valence-electron chi connectivity index (χ1n) is 8.88. The molecule has 1 aliphatic heterocycles. The van der Waals surface area contributed by atoms with E-state index in [2.05, 4.69) is 20.6 Å². The highest BCUT2D eigenvalue weighted by Crippen LogP contribution is 2.24. The maximum atomic E-state index is 12.9. The highest BCUT2D eigenvalue weighted by atomic mass is 16.2. The summed E-state index contributed by atoms with van der Waals surface area (Å²) in [6, 6.07) is 7.91. The predicted molar refractivity (Wildman–Crippen MR) is 99.3 cm³/mol. The van der Waals surface area contributed by atoms with E-state index >= 15 is 0 Å². The fourth-order valence-corrected chi connectivity index (χ4v) is 3.67. The number of fused-ring (bicyclic) bond motifs is 1. The zero-order chi connectivity index (χ0) is 18.1. The number of aromatic nitrogens is 4. The van der Waals surface area contributed by atoms with Crippen molar-refractivity contribution in [2.45, 2.75) is 13.3 Å². The van der Waals surface area contributed by atoms with Crippen LogP contribution in [0.25, 0.3) is 16.5 Å². The molecule has 3 heterocycles. The van der Waals surface area contributed by atoms with Crippen molar-refractivity contribution in [1.29, 1.82) is 0 Å². The second-order valence-electron chi connectivity index (χ2n) is 6.77. The predicted octanol–water partition coefficient (Wildman–Crippen LogP) is 1.81. The molecule has 1 saturated heterocycles. The fraction of sp³-hybridized carbons (Fsp3) is 0.368. The number of hydrogen-bond acceptors (Lipinski definition) is 5. The van der Waals surface area contributed by atoms with E-state index in [0.29, 0.717) is 11.6 Å². The lowest BCUT2D eigenvalue weighted by Gasteiger charge is -2.15. The van der Waals surface area contributed by atoms with E-state index < -0.39 is 0 Å². The molecule has 0 radical (unpaired) electrons. The Labute approximate surface area is 152 Å². The van der Waals surface area contributed by atoms with Gasteiger partial charge in [0, 0.05) is 36.3 Å². The first-order valence-corrected chi connectivity index (χ1v) is 8.88. The third kappa shape index (κ3) is 2.84. The Kier molecular flexibility index (Phi) is 4.38. The average molecular weight is 350 g/mol. The lowest BCUT2D eigenvalue weighted by Crippen LogP contribution is -2.31. The number of pyridine rings is 1. The smallest absolute Gasteiger partial charge is 0.276 e. The Bertz CT molecular complexity index is 945. The molecule has 1 atom stereocenters. The molecular formula is C19H22N6O. The molecule has 2 aromatic heterocycles. The number of carbonyl (C=O) groups is 1. The Morgan fingerprint density at radius 2 is 2.23 bits per heavy atom. The number of benzene rings is 1. The molecule has 1 aliphatic rings. The lowest BCUT2D eigenvalue weighted by atomic mass is 10.1. The number of nitrogens with one attached hydrogen (secondary N) is 1. The zero-order valence-electron chi connectivity index (χ0n) is 15.0. The highest BCUT2D eigenvalue weighted by Gasteiger charge is 2.29. The van der Waals surface area contributed by atoms with Crippen molar-refractivity contribution in [3.63, 3.8) is 0 Å². The summed E-state index contributed by atoms with van der Waals surface area (Å²) >= 11 is 0. The van der Waals surface area contributed by atoms with Crippen LogP contribution in [0.2, 0.25) is 0 Å². The van der Waals surface area contributed by atoms with Crippen molar-refractivity contribution in [3.05, 3.63) is 48.0 Å². The summed E-state index contributed by atoms with van der Waals surface area (Å²) in [6.07, 6.45) is 4.61. The van der Waals surface area contributed by atoms with Gasteiger partial charge >= 0.3 is 0 Å². The maximum absolute atomic E-state index is 12.9. The van der Waals surface area contributed by atoms with Gasteiger partial charge in [0.15, 0.2) is 5.69 Å². The molecule has 1 fully saturated rings. The molecule has 4 rings (SSSR count). The van der Waals surface area contributed by atoms with Crippen molar-refractivity contribution in [2.24, 2.45) is 5.92 Å². The van der Waals surface area contributed by atoms with Gasteiger partial charge in [0.1, 0.15) is 0 Å². The van der Waals surface area contributed by atoms with E-state index in [9.17, 15) is 4.79 Å². The molecule has 0 spiro atoms. The van der Waals surface area contributed by atoms with Crippen LogP contribution in [0.5, 0.6) is 0 Å². The zero-order valence-corrected chi connectivity index (χ0v) is 15.0. The quantitative estimate of drug-likeness (QED) is 0.777. The van der Waals surface area contributed by atoms with E-state index in [1.54, 1.807) is 10.9 Å². The number of rotatable bonds is 4. The highest BCUT2D eigenvalue weighted by molar-refractivity contribution is 5.94. The summed E-state index contributed by atoms with van der Waals surface area (Å²) in [6.45, 7) is 4.37. The van der Waals surface area contributed by atoms with Crippen molar-refractivity contribution >= 4 is 16.7 Å². The van der Waals surface area contributed by atoms with Gasteiger partial charge in [-0.05, 0) is 45.0 Å². The second-order valence-corrected chi connectivity index (χ2v) is 6.77. The van der Waals surface area contributed by atoms with Crippen LogP contribution in [-0.4, -0.2) is 57.5 Å². The third-order valence-electron chi connectivity index (χ3n) is 5.05. The molecular weight excluding hydrogens is 328 g/mol. The summed E-state index contributed by atoms with van der Waals surface area (Å²) in [4.78, 5) is 19.0. The molecule has 3 aromatic rings. The Hall–Kier alpha value is -2.80. The van der Waals surface area contributed by atoms with Crippen LogP contribution in [0, 0.1) is 12.8 Å². The molecule has 0 aliphatic carbocycles. The minimum absolute atomic E-state index is 0.0331. The normalized spacial score (nSPS) is 17.2. The number of nitrogens with zero attached hydrogens (tertiary/aromatic N) is 5. The summed E-state index contributed by atoms with van der Waals surface area (Å²) in [5.74, 6) is 0.471. The van der Waals surface area contributed by atoms with Gasteiger partial charge in [0.25, 0.3) is 5.91 Å². The van der Waals surface area contributed by atoms with Crippen LogP contribution in [0.3, 0.4) is 0 Å². The average Bonchev–Trinajstić information content (AvgIpc) is 3.28. The molecule has 134 valence electrons. The summed E-state index contributed by atoms with van der Waals surface area (Å²) in [5, 5.41) is 13.7. The molecule has 1 unspecified atom stereocenters. The Morgan fingerprint density at radius 3 is 3.08 bits per heavy atom. The van der Waals surface area contributed by atoms with E-state index in [-0.39, 0.29) is 5.91 Å². The van der Waals surface area contributed by atoms with Gasteiger partial charge in [-0.2, -0.15) is 0 Å². The van der Waals surface area contributed by atoms with Gasteiger partial charge < -0.3 is 10.2 Å². The molecule has 0 saturated carbocycles. The minimum Gasteiger partial charge on any atom is -0.337 e. The van der Waals surface area contributed by atoms with Crippen molar-refractivity contribution in [3.8, 4) is 5.69 Å². The van der Waals surface area contributed by atoms with E-state index in [0.717, 1.165) is 48.2 Å². The molecule has 0 bridgehead atoms. The van der Waals surface area contributed by atoms with E-state index in [1.807, 2.05) is 49.3 Å². The lowest BCUT2D eigenvalue weighted by molar-refractivity contribution is 0.0780. The Balaban J connectivity index is 1.65. The number of likely N-dealkylation sites (tertiary alicyclic amines) is 1. The summed E-state index contributed by atoms with van der Waals surface area (Å²) in [5.41, 5.74) is 2.10. The van der Waals surface area contributed by atoms with Crippen LogP contribution in [0.15, 0.2) is 36.7 Å². The van der Waals surface area contributed by atoms with E-state index in [1.165, 1.54) is 0 Å². The molecule has 1 aromatic carbocycles. The van der Waals surface area contributed by atoms with Crippen molar-refractivity contribution in [2.75, 3.05) is 26.7 Å². The topological polar surface area (TPSA) is 75.9 Å². The van der Waals surface area contributed by atoms with Crippen molar-refractivity contribution < 1.29 is 4.79 Å². The molecule has 7 heteroatoms. The minimum atomic E-state index is -0.0331. The Morgan fingerprint density at radius 1 is 1.35 bits per heavy atom. The summed E-state index contributed by atoms with van der Waals surface area (Å²) in [7, 11) is 1.94. The van der Waals surface area contributed by atoms with Crippen LogP contribution in [-0.2, 0) is 0 Å². The molecule has 26 heavy (non-hydrogen) atoms. The third-order valence-corrected chi connectivity index (χ3v) is 5.05. The SMILES string of the molecule is CNCC1CCN(C(=O)c2nnn(-c3cccc4cnccc34)c2C)C1. The first kappa shape index (κ1) is 16.7. The van der Waals surface area contributed by atoms with Gasteiger partial charge in [-0.15, -0.1) is 5.10 Å². The van der Waals surface area contributed by atoms with Gasteiger partial charge in [-0.25, -0.2) is 4.68 Å². The number of carbonyl (C=O) groups excluding carboxylic acids is 1. The summed E-state index contributed by atoms with van der Waals surface area (Å²) < 4.78 is 1.75. The largest absolute Gasteiger partial charge is 0.337 e. The molecule has 1 amide bonds. The maximum Gasteiger partial charge on any atom is 0.276 e. The first-order chi connectivity index (χ1) is 12.7. The second kappa shape index (κ2) is 6.84. The van der Waals surface area contributed by atoms with Crippen LogP contribution in [0.1, 0.15) is 22.6 Å². The number of hydrogen-bond donors (Lipinski definition) is 1.